The van der Waals surface area contributed by atoms with Crippen LogP contribution >= 0.6 is 15.9 Å². The molecule has 1 aromatic rings. The highest BCUT2D eigenvalue weighted by atomic mass is 79.9. The molecule has 3 nitrogen and oxygen atoms in total. The third-order valence-electron chi connectivity index (χ3n) is 4.39. The lowest BCUT2D eigenvalue weighted by Crippen LogP contribution is -2.37. The fourth-order valence-electron chi connectivity index (χ4n) is 2.96. The van der Waals surface area contributed by atoms with Crippen molar-refractivity contribution in [1.29, 1.82) is 0 Å². The molecule has 1 saturated heterocycles. The van der Waals surface area contributed by atoms with Gasteiger partial charge in [0.2, 0.25) is 0 Å². The van der Waals surface area contributed by atoms with Gasteiger partial charge in [-0.25, -0.2) is 0 Å². The van der Waals surface area contributed by atoms with Gasteiger partial charge in [0.05, 0.1) is 17.8 Å². The van der Waals surface area contributed by atoms with Crippen molar-refractivity contribution >= 4 is 21.6 Å². The highest BCUT2D eigenvalue weighted by Gasteiger charge is 2.28. The van der Waals surface area contributed by atoms with Crippen LogP contribution in [0.5, 0.6) is 0 Å². The van der Waals surface area contributed by atoms with E-state index in [0.717, 1.165) is 30.5 Å². The van der Waals surface area contributed by atoms with Crippen molar-refractivity contribution in [3.05, 3.63) is 28.2 Å². The Bertz CT molecular complexity index is 466. The molecule has 1 heterocycles. The second kappa shape index (κ2) is 7.61. The smallest absolute Gasteiger partial charge is 0.0750 e. The van der Waals surface area contributed by atoms with Crippen LogP contribution < -0.4 is 10.2 Å². The maximum atomic E-state index is 5.69. The van der Waals surface area contributed by atoms with Crippen molar-refractivity contribution in [2.24, 2.45) is 0 Å². The van der Waals surface area contributed by atoms with Gasteiger partial charge in [0.1, 0.15) is 0 Å². The molecular weight excluding hydrogens is 328 g/mol. The standard InChI is InChI=1S/C17H27BrN2O/c1-5-9-19-12(2)14-6-7-17(15(18)11-14)20(4)16-8-10-21-13(16)3/h6-7,11-13,16,19H,5,8-10H2,1-4H3. The SMILES string of the molecule is CCCNC(C)c1ccc(N(C)C2CCOC2C)c(Br)c1. The van der Waals surface area contributed by atoms with Gasteiger partial charge in [-0.15, -0.1) is 0 Å². The van der Waals surface area contributed by atoms with Crippen LogP contribution in [-0.2, 0) is 4.74 Å². The van der Waals surface area contributed by atoms with Crippen LogP contribution in [-0.4, -0.2) is 32.3 Å². The summed E-state index contributed by atoms with van der Waals surface area (Å²) >= 11 is 3.74. The van der Waals surface area contributed by atoms with E-state index in [9.17, 15) is 0 Å². The van der Waals surface area contributed by atoms with Crippen molar-refractivity contribution in [2.75, 3.05) is 25.1 Å². The van der Waals surface area contributed by atoms with E-state index >= 15 is 0 Å². The summed E-state index contributed by atoms with van der Waals surface area (Å²) in [7, 11) is 2.16. The Morgan fingerprint density at radius 1 is 1.48 bits per heavy atom. The molecule has 0 amide bonds. The molecule has 1 fully saturated rings. The predicted octanol–water partition coefficient (Wildman–Crippen LogP) is 4.12. The molecule has 1 aliphatic heterocycles. The average Bonchev–Trinajstić information content (AvgIpc) is 2.90. The number of likely N-dealkylation sites (N-methyl/N-ethyl adjacent to an activating group) is 1. The van der Waals surface area contributed by atoms with E-state index < -0.39 is 0 Å². The number of ether oxygens (including phenoxy) is 1. The van der Waals surface area contributed by atoms with Gasteiger partial charge in [0.25, 0.3) is 0 Å². The number of benzene rings is 1. The highest BCUT2D eigenvalue weighted by molar-refractivity contribution is 9.10. The Morgan fingerprint density at radius 2 is 2.24 bits per heavy atom. The molecule has 0 aromatic heterocycles. The molecule has 3 atom stereocenters. The zero-order valence-electron chi connectivity index (χ0n) is 13.5. The summed E-state index contributed by atoms with van der Waals surface area (Å²) in [5.41, 5.74) is 2.56. The molecule has 0 spiro atoms. The average molecular weight is 355 g/mol. The van der Waals surface area contributed by atoms with Gasteiger partial charge in [0.15, 0.2) is 0 Å². The summed E-state index contributed by atoms with van der Waals surface area (Å²) in [5.74, 6) is 0. The largest absolute Gasteiger partial charge is 0.376 e. The molecule has 1 aromatic carbocycles. The third kappa shape index (κ3) is 3.99. The Hall–Kier alpha value is -0.580. The molecule has 3 unspecified atom stereocenters. The molecule has 0 bridgehead atoms. The first-order valence-electron chi connectivity index (χ1n) is 7.91. The van der Waals surface area contributed by atoms with Crippen molar-refractivity contribution in [1.82, 2.24) is 5.32 Å². The first-order valence-corrected chi connectivity index (χ1v) is 8.71. The summed E-state index contributed by atoms with van der Waals surface area (Å²) in [6, 6.07) is 7.52. The maximum absolute atomic E-state index is 5.69. The van der Waals surface area contributed by atoms with Crippen LogP contribution in [0.25, 0.3) is 0 Å². The fourth-order valence-corrected chi connectivity index (χ4v) is 3.64. The van der Waals surface area contributed by atoms with Crippen LogP contribution in [0.15, 0.2) is 22.7 Å². The number of nitrogens with zero attached hydrogens (tertiary/aromatic N) is 1. The number of rotatable bonds is 6. The Balaban J connectivity index is 2.11. The molecule has 1 aliphatic rings. The molecule has 4 heteroatoms. The molecule has 21 heavy (non-hydrogen) atoms. The Morgan fingerprint density at radius 3 is 2.81 bits per heavy atom. The van der Waals surface area contributed by atoms with Crippen molar-refractivity contribution in [3.63, 3.8) is 0 Å². The summed E-state index contributed by atoms with van der Waals surface area (Å²) in [5, 5.41) is 3.53. The monoisotopic (exact) mass is 354 g/mol. The van der Waals surface area contributed by atoms with Gasteiger partial charge >= 0.3 is 0 Å². The van der Waals surface area contributed by atoms with Crippen molar-refractivity contribution in [3.8, 4) is 0 Å². The lowest BCUT2D eigenvalue weighted by Gasteiger charge is -2.30. The summed E-state index contributed by atoms with van der Waals surface area (Å²) in [6.45, 7) is 8.49. The lowest BCUT2D eigenvalue weighted by atomic mass is 10.1. The minimum Gasteiger partial charge on any atom is -0.376 e. The number of hydrogen-bond donors (Lipinski definition) is 1. The van der Waals surface area contributed by atoms with Crippen LogP contribution in [0.3, 0.4) is 0 Å². The Labute approximate surface area is 137 Å². The Kier molecular flexibility index (Phi) is 6.08. The zero-order valence-corrected chi connectivity index (χ0v) is 15.1. The van der Waals surface area contributed by atoms with Crippen LogP contribution in [0.1, 0.15) is 45.2 Å². The molecular formula is C17H27BrN2O. The molecule has 0 aliphatic carbocycles. The van der Waals surface area contributed by atoms with Gasteiger partial charge in [-0.1, -0.05) is 13.0 Å². The van der Waals surface area contributed by atoms with Gasteiger partial charge < -0.3 is 15.0 Å². The number of halogens is 1. The second-order valence-corrected chi connectivity index (χ2v) is 6.78. The number of hydrogen-bond acceptors (Lipinski definition) is 3. The van der Waals surface area contributed by atoms with E-state index in [1.54, 1.807) is 0 Å². The van der Waals surface area contributed by atoms with E-state index in [2.05, 4.69) is 72.2 Å². The van der Waals surface area contributed by atoms with Crippen molar-refractivity contribution < 1.29 is 4.74 Å². The summed E-state index contributed by atoms with van der Waals surface area (Å²) in [6.07, 6.45) is 2.55. The van der Waals surface area contributed by atoms with Crippen LogP contribution in [0, 0.1) is 0 Å². The number of anilines is 1. The predicted molar refractivity (Wildman–Crippen MR) is 93.1 cm³/mol. The summed E-state index contributed by atoms with van der Waals surface area (Å²) < 4.78 is 6.85. The quantitative estimate of drug-likeness (QED) is 0.831. The van der Waals surface area contributed by atoms with E-state index in [1.165, 1.54) is 11.3 Å². The molecule has 118 valence electrons. The van der Waals surface area contributed by atoms with Gasteiger partial charge in [-0.2, -0.15) is 0 Å². The van der Waals surface area contributed by atoms with E-state index in [0.29, 0.717) is 18.2 Å². The second-order valence-electron chi connectivity index (χ2n) is 5.93. The lowest BCUT2D eigenvalue weighted by molar-refractivity contribution is 0.118. The topological polar surface area (TPSA) is 24.5 Å². The van der Waals surface area contributed by atoms with E-state index in [-0.39, 0.29) is 0 Å². The van der Waals surface area contributed by atoms with Crippen LogP contribution in [0.4, 0.5) is 5.69 Å². The number of nitrogens with one attached hydrogen (secondary N) is 1. The van der Waals surface area contributed by atoms with Gasteiger partial charge in [0, 0.05) is 24.2 Å². The normalized spacial score (nSPS) is 23.3. The first kappa shape index (κ1) is 16.8. The van der Waals surface area contributed by atoms with E-state index in [4.69, 9.17) is 4.74 Å². The molecule has 1 N–H and O–H groups in total. The summed E-state index contributed by atoms with van der Waals surface area (Å²) in [4.78, 5) is 2.34. The minimum absolute atomic E-state index is 0.298. The molecule has 2 rings (SSSR count). The molecule has 0 saturated carbocycles. The van der Waals surface area contributed by atoms with E-state index in [1.807, 2.05) is 0 Å². The highest BCUT2D eigenvalue weighted by Crippen LogP contribution is 2.32. The zero-order chi connectivity index (χ0) is 15.4. The maximum Gasteiger partial charge on any atom is 0.0750 e. The fraction of sp³-hybridized carbons (Fsp3) is 0.647. The van der Waals surface area contributed by atoms with Gasteiger partial charge in [-0.3, -0.25) is 0 Å². The van der Waals surface area contributed by atoms with Crippen molar-refractivity contribution in [2.45, 2.75) is 51.8 Å². The first-order chi connectivity index (χ1) is 10.0. The minimum atomic E-state index is 0.298. The molecule has 0 radical (unpaired) electrons. The third-order valence-corrected chi connectivity index (χ3v) is 5.02. The van der Waals surface area contributed by atoms with Gasteiger partial charge in [-0.05, 0) is 66.9 Å². The van der Waals surface area contributed by atoms with Crippen LogP contribution in [0.2, 0.25) is 0 Å².